The molecule has 0 aromatic rings. The van der Waals surface area contributed by atoms with Crippen LogP contribution in [0.5, 0.6) is 0 Å². The highest BCUT2D eigenvalue weighted by atomic mass is 16.5. The lowest BCUT2D eigenvalue weighted by atomic mass is 9.97. The van der Waals surface area contributed by atoms with Crippen LogP contribution in [0.15, 0.2) is 0 Å². The minimum Gasteiger partial charge on any atom is -0.465 e. The van der Waals surface area contributed by atoms with Gasteiger partial charge in [0.05, 0.1) is 12.0 Å². The molecule has 0 aromatic carbocycles. The van der Waals surface area contributed by atoms with Gasteiger partial charge in [-0.2, -0.15) is 0 Å². The van der Waals surface area contributed by atoms with E-state index in [0.717, 1.165) is 6.42 Å². The van der Waals surface area contributed by atoms with Crippen molar-refractivity contribution < 1.29 is 9.53 Å². The molecule has 2 nitrogen and oxygen atoms in total. The first-order valence-electron chi connectivity index (χ1n) is 4.65. The fraction of sp³-hybridized carbons (Fsp3) is 0.900. The molecule has 0 N–H and O–H groups in total. The Hall–Kier alpha value is -0.530. The molecular weight excluding hydrogens is 152 g/mol. The van der Waals surface area contributed by atoms with Gasteiger partial charge in [-0.25, -0.2) is 0 Å². The van der Waals surface area contributed by atoms with E-state index in [-0.39, 0.29) is 11.4 Å². The highest BCUT2D eigenvalue weighted by molar-refractivity contribution is 5.75. The lowest BCUT2D eigenvalue weighted by molar-refractivity contribution is -0.152. The van der Waals surface area contributed by atoms with Crippen LogP contribution in [-0.4, -0.2) is 12.6 Å². The standard InChI is InChI=1S/C8H16O2.C2H6/c1-5-6-10-7(9)8(2,3)4;1-2/h5-6H2,1-4H3;1-2H3. The minimum atomic E-state index is -0.352. The quantitative estimate of drug-likeness (QED) is 0.601. The van der Waals surface area contributed by atoms with Crippen molar-refractivity contribution in [1.29, 1.82) is 0 Å². The van der Waals surface area contributed by atoms with Crippen LogP contribution in [0.2, 0.25) is 0 Å². The third-order valence-corrected chi connectivity index (χ3v) is 1.05. The molecular formula is C10H22O2. The van der Waals surface area contributed by atoms with Crippen LogP contribution < -0.4 is 0 Å². The van der Waals surface area contributed by atoms with Gasteiger partial charge in [-0.15, -0.1) is 0 Å². The van der Waals surface area contributed by atoms with Gasteiger partial charge in [0.25, 0.3) is 0 Å². The van der Waals surface area contributed by atoms with Gasteiger partial charge >= 0.3 is 5.97 Å². The molecule has 0 rings (SSSR count). The summed E-state index contributed by atoms with van der Waals surface area (Å²) in [6.07, 6.45) is 0.891. The van der Waals surface area contributed by atoms with E-state index in [2.05, 4.69) is 0 Å². The predicted octanol–water partition coefficient (Wildman–Crippen LogP) is 3.01. The molecule has 0 amide bonds. The normalized spacial score (nSPS) is 9.83. The van der Waals surface area contributed by atoms with E-state index >= 15 is 0 Å². The molecule has 0 bridgehead atoms. The van der Waals surface area contributed by atoms with Gasteiger partial charge in [-0.05, 0) is 27.2 Å². The molecule has 0 saturated heterocycles. The fourth-order valence-corrected chi connectivity index (χ4v) is 0.411. The van der Waals surface area contributed by atoms with Crippen molar-refractivity contribution in [3.05, 3.63) is 0 Å². The third-order valence-electron chi connectivity index (χ3n) is 1.05. The van der Waals surface area contributed by atoms with Gasteiger partial charge in [-0.3, -0.25) is 4.79 Å². The third kappa shape index (κ3) is 7.58. The summed E-state index contributed by atoms with van der Waals surface area (Å²) >= 11 is 0. The summed E-state index contributed by atoms with van der Waals surface area (Å²) < 4.78 is 4.92. The maximum Gasteiger partial charge on any atom is 0.311 e. The Labute approximate surface area is 76.3 Å². The topological polar surface area (TPSA) is 26.3 Å². The zero-order chi connectivity index (χ0) is 10.2. The van der Waals surface area contributed by atoms with Crippen LogP contribution in [0, 0.1) is 5.41 Å². The van der Waals surface area contributed by atoms with Crippen molar-refractivity contribution in [3.8, 4) is 0 Å². The zero-order valence-electron chi connectivity index (χ0n) is 9.23. The van der Waals surface area contributed by atoms with Crippen molar-refractivity contribution in [3.63, 3.8) is 0 Å². The number of esters is 1. The first kappa shape index (κ1) is 14.0. The van der Waals surface area contributed by atoms with Crippen molar-refractivity contribution in [2.24, 2.45) is 5.41 Å². The van der Waals surface area contributed by atoms with E-state index in [9.17, 15) is 4.79 Å². The van der Waals surface area contributed by atoms with E-state index < -0.39 is 0 Å². The molecule has 0 heterocycles. The van der Waals surface area contributed by atoms with Crippen LogP contribution in [0.4, 0.5) is 0 Å². The molecule has 12 heavy (non-hydrogen) atoms. The summed E-state index contributed by atoms with van der Waals surface area (Å²) in [5.41, 5.74) is -0.352. The lowest BCUT2D eigenvalue weighted by Crippen LogP contribution is -2.23. The minimum absolute atomic E-state index is 0.116. The Bertz CT molecular complexity index is 111. The first-order chi connectivity index (χ1) is 5.48. The van der Waals surface area contributed by atoms with E-state index in [0.29, 0.717) is 6.61 Å². The zero-order valence-corrected chi connectivity index (χ0v) is 9.23. The average Bonchev–Trinajstić information content (AvgIpc) is 2.02. The second-order valence-corrected chi connectivity index (χ2v) is 3.39. The Kier molecular flexibility index (Phi) is 8.34. The summed E-state index contributed by atoms with van der Waals surface area (Å²) in [5, 5.41) is 0. The van der Waals surface area contributed by atoms with Gasteiger partial charge in [0.1, 0.15) is 0 Å². The second-order valence-electron chi connectivity index (χ2n) is 3.39. The van der Waals surface area contributed by atoms with Gasteiger partial charge in [0, 0.05) is 0 Å². The Morgan fingerprint density at radius 3 is 1.92 bits per heavy atom. The predicted molar refractivity (Wildman–Crippen MR) is 52.1 cm³/mol. The summed E-state index contributed by atoms with van der Waals surface area (Å²) in [6.45, 7) is 12.1. The van der Waals surface area contributed by atoms with Crippen molar-refractivity contribution in [2.75, 3.05) is 6.61 Å². The van der Waals surface area contributed by atoms with Crippen molar-refractivity contribution in [1.82, 2.24) is 0 Å². The SMILES string of the molecule is CC.CCCOC(=O)C(C)(C)C. The number of hydrogen-bond donors (Lipinski definition) is 0. The molecule has 0 saturated carbocycles. The number of hydrogen-bond acceptors (Lipinski definition) is 2. The van der Waals surface area contributed by atoms with Crippen LogP contribution in [0.25, 0.3) is 0 Å². The van der Waals surface area contributed by atoms with Crippen LogP contribution in [0.1, 0.15) is 48.0 Å². The fourth-order valence-electron chi connectivity index (χ4n) is 0.411. The summed E-state index contributed by atoms with van der Waals surface area (Å²) in [4.78, 5) is 11.0. The number of carbonyl (C=O) groups excluding carboxylic acids is 1. The molecule has 74 valence electrons. The molecule has 0 aliphatic rings. The Morgan fingerprint density at radius 2 is 1.67 bits per heavy atom. The van der Waals surface area contributed by atoms with Gasteiger partial charge in [0.15, 0.2) is 0 Å². The van der Waals surface area contributed by atoms with Gasteiger partial charge in [-0.1, -0.05) is 20.8 Å². The Balaban J connectivity index is 0. The van der Waals surface area contributed by atoms with Crippen molar-refractivity contribution in [2.45, 2.75) is 48.0 Å². The molecule has 0 atom stereocenters. The van der Waals surface area contributed by atoms with E-state index in [1.165, 1.54) is 0 Å². The van der Waals surface area contributed by atoms with Crippen LogP contribution >= 0.6 is 0 Å². The number of ether oxygens (including phenoxy) is 1. The average molecular weight is 174 g/mol. The number of rotatable bonds is 2. The largest absolute Gasteiger partial charge is 0.465 e. The highest BCUT2D eigenvalue weighted by Gasteiger charge is 2.22. The summed E-state index contributed by atoms with van der Waals surface area (Å²) in [6, 6.07) is 0. The van der Waals surface area contributed by atoms with Gasteiger partial charge < -0.3 is 4.74 Å². The van der Waals surface area contributed by atoms with E-state index in [1.54, 1.807) is 0 Å². The molecule has 0 aliphatic heterocycles. The molecule has 0 radical (unpaired) electrons. The first-order valence-corrected chi connectivity index (χ1v) is 4.65. The summed E-state index contributed by atoms with van der Waals surface area (Å²) in [7, 11) is 0. The van der Waals surface area contributed by atoms with Gasteiger partial charge in [0.2, 0.25) is 0 Å². The van der Waals surface area contributed by atoms with E-state index in [4.69, 9.17) is 4.74 Å². The van der Waals surface area contributed by atoms with Crippen molar-refractivity contribution >= 4 is 5.97 Å². The molecule has 2 heteroatoms. The maximum absolute atomic E-state index is 11.0. The molecule has 0 aliphatic carbocycles. The highest BCUT2D eigenvalue weighted by Crippen LogP contribution is 2.14. The lowest BCUT2D eigenvalue weighted by Gasteiger charge is -2.15. The molecule has 0 unspecified atom stereocenters. The maximum atomic E-state index is 11.0. The summed E-state index contributed by atoms with van der Waals surface area (Å²) in [5.74, 6) is -0.116. The molecule has 0 aromatic heterocycles. The van der Waals surface area contributed by atoms with Crippen LogP contribution in [0.3, 0.4) is 0 Å². The van der Waals surface area contributed by atoms with Crippen LogP contribution in [-0.2, 0) is 9.53 Å². The van der Waals surface area contributed by atoms with E-state index in [1.807, 2.05) is 41.5 Å². The smallest absolute Gasteiger partial charge is 0.311 e. The monoisotopic (exact) mass is 174 g/mol. The number of carbonyl (C=O) groups is 1. The Morgan fingerprint density at radius 1 is 1.25 bits per heavy atom. The molecule has 0 fully saturated rings. The second kappa shape index (κ2) is 7.14. The molecule has 0 spiro atoms.